The van der Waals surface area contributed by atoms with Gasteiger partial charge in [0.1, 0.15) is 5.82 Å². The third kappa shape index (κ3) is 3.26. The number of halogens is 5. The van der Waals surface area contributed by atoms with E-state index in [0.29, 0.717) is 30.9 Å². The van der Waals surface area contributed by atoms with Gasteiger partial charge in [-0.3, -0.25) is 0 Å². The molecule has 0 heterocycles. The highest BCUT2D eigenvalue weighted by atomic mass is 79.9. The number of nitrogens with two attached hydrogens (primary N) is 1. The fraction of sp³-hybridized carbons (Fsp3) is 0. The van der Waals surface area contributed by atoms with E-state index < -0.39 is 5.82 Å². The van der Waals surface area contributed by atoms with Crippen molar-refractivity contribution in [1.29, 1.82) is 0 Å². The smallest absolute Gasteiger partial charge is 0.139 e. The zero-order valence-electron chi connectivity index (χ0n) is 9.28. The summed E-state index contributed by atoms with van der Waals surface area (Å²) in [5, 5.41) is 4.07. The van der Waals surface area contributed by atoms with Gasteiger partial charge in [0.05, 0.1) is 36.6 Å². The Morgan fingerprint density at radius 1 is 0.947 bits per heavy atom. The van der Waals surface area contributed by atoms with Gasteiger partial charge in [0.2, 0.25) is 0 Å². The van der Waals surface area contributed by atoms with Crippen molar-refractivity contribution in [2.75, 3.05) is 11.1 Å². The van der Waals surface area contributed by atoms with Crippen molar-refractivity contribution in [1.82, 2.24) is 0 Å². The fourth-order valence-corrected chi connectivity index (χ4v) is 2.37. The summed E-state index contributed by atoms with van der Waals surface area (Å²) in [5.74, 6) is -0.441. The molecule has 0 bridgehead atoms. The first kappa shape index (κ1) is 14.7. The van der Waals surface area contributed by atoms with E-state index in [0.717, 1.165) is 0 Å². The molecule has 19 heavy (non-hydrogen) atoms. The zero-order chi connectivity index (χ0) is 14.2. The molecule has 0 aliphatic carbocycles. The van der Waals surface area contributed by atoms with Gasteiger partial charge < -0.3 is 11.1 Å². The Hall–Kier alpha value is -0.680. The maximum absolute atomic E-state index is 13.3. The molecule has 3 N–H and O–H groups in total. The van der Waals surface area contributed by atoms with Crippen LogP contribution in [0.5, 0.6) is 0 Å². The van der Waals surface area contributed by atoms with Gasteiger partial charge in [0.15, 0.2) is 0 Å². The Kier molecular flexibility index (Phi) is 4.46. The third-order valence-corrected chi connectivity index (χ3v) is 4.01. The highest BCUT2D eigenvalue weighted by Gasteiger charge is 2.10. The average molecular weight is 384 g/mol. The van der Waals surface area contributed by atoms with Crippen molar-refractivity contribution < 1.29 is 4.39 Å². The van der Waals surface area contributed by atoms with Crippen LogP contribution >= 0.6 is 50.7 Å². The number of hydrogen-bond donors (Lipinski definition) is 2. The van der Waals surface area contributed by atoms with Crippen LogP contribution in [0.1, 0.15) is 0 Å². The first-order chi connectivity index (χ1) is 8.88. The lowest BCUT2D eigenvalue weighted by molar-refractivity contribution is 0.622. The molecule has 2 aromatic carbocycles. The van der Waals surface area contributed by atoms with Crippen molar-refractivity contribution in [3.8, 4) is 0 Å². The van der Waals surface area contributed by atoms with Crippen molar-refractivity contribution in [2.45, 2.75) is 0 Å². The molecule has 0 saturated carbocycles. The fourth-order valence-electron chi connectivity index (χ4n) is 1.43. The summed E-state index contributed by atoms with van der Waals surface area (Å²) in [6.07, 6.45) is 0. The quantitative estimate of drug-likeness (QED) is 0.502. The number of nitrogen functional groups attached to an aromatic ring is 1. The molecule has 7 heteroatoms. The summed E-state index contributed by atoms with van der Waals surface area (Å²) >= 11 is 20.9. The summed E-state index contributed by atoms with van der Waals surface area (Å²) < 4.78 is 13.6. The van der Waals surface area contributed by atoms with Crippen molar-refractivity contribution >= 4 is 67.8 Å². The number of nitrogens with one attached hydrogen (secondary N) is 1. The molecule has 0 unspecified atom stereocenters. The highest BCUT2D eigenvalue weighted by molar-refractivity contribution is 9.10. The Labute approximate surface area is 132 Å². The number of anilines is 3. The van der Waals surface area contributed by atoms with Crippen LogP contribution in [0.3, 0.4) is 0 Å². The second-order valence-electron chi connectivity index (χ2n) is 3.72. The topological polar surface area (TPSA) is 38.0 Å². The minimum atomic E-state index is -0.441. The zero-order valence-corrected chi connectivity index (χ0v) is 13.1. The Morgan fingerprint density at radius 2 is 1.58 bits per heavy atom. The van der Waals surface area contributed by atoms with Crippen LogP contribution in [0.2, 0.25) is 15.1 Å². The second kappa shape index (κ2) is 5.75. The molecule has 0 saturated heterocycles. The Bertz CT molecular complexity index is 594. The molecule has 0 spiro atoms. The van der Waals surface area contributed by atoms with Gasteiger partial charge in [-0.1, -0.05) is 34.8 Å². The van der Waals surface area contributed by atoms with Crippen LogP contribution in [0.15, 0.2) is 28.7 Å². The summed E-state index contributed by atoms with van der Waals surface area (Å²) in [4.78, 5) is 0. The molecule has 0 atom stereocenters. The lowest BCUT2D eigenvalue weighted by atomic mass is 10.2. The molecule has 0 amide bonds. The van der Waals surface area contributed by atoms with Gasteiger partial charge in [0.25, 0.3) is 0 Å². The van der Waals surface area contributed by atoms with E-state index in [1.807, 2.05) is 0 Å². The summed E-state index contributed by atoms with van der Waals surface area (Å²) in [6, 6.07) is 5.81. The number of rotatable bonds is 2. The normalized spacial score (nSPS) is 10.6. The van der Waals surface area contributed by atoms with Crippen molar-refractivity contribution in [3.05, 3.63) is 49.6 Å². The minimum absolute atomic E-state index is 0.253. The second-order valence-corrected chi connectivity index (χ2v) is 5.80. The van der Waals surface area contributed by atoms with Crippen LogP contribution in [0, 0.1) is 5.82 Å². The maximum atomic E-state index is 13.3. The molecular weight excluding hydrogens is 377 g/mol. The summed E-state index contributed by atoms with van der Waals surface area (Å²) in [6.45, 7) is 0. The molecule has 2 nitrogen and oxygen atoms in total. The van der Waals surface area contributed by atoms with E-state index in [-0.39, 0.29) is 5.69 Å². The molecule has 2 rings (SSSR count). The van der Waals surface area contributed by atoms with E-state index in [9.17, 15) is 4.39 Å². The SMILES string of the molecule is Nc1cc(F)c(Br)cc1Nc1cc(Cl)c(Cl)cc1Cl. The van der Waals surface area contributed by atoms with E-state index >= 15 is 0 Å². The van der Waals surface area contributed by atoms with Crippen LogP contribution in [0.25, 0.3) is 0 Å². The van der Waals surface area contributed by atoms with Crippen LogP contribution in [0.4, 0.5) is 21.5 Å². The molecule has 0 aliphatic rings. The molecule has 0 aromatic heterocycles. The molecule has 2 aromatic rings. The standard InChI is InChI=1S/C12H7BrCl3FN2/c13-5-1-12(10(18)4-9(5)17)19-11-3-7(15)6(14)2-8(11)16/h1-4,19H,18H2. The van der Waals surface area contributed by atoms with Crippen LogP contribution < -0.4 is 11.1 Å². The lowest BCUT2D eigenvalue weighted by Gasteiger charge is -2.12. The van der Waals surface area contributed by atoms with Crippen LogP contribution in [-0.2, 0) is 0 Å². The predicted octanol–water partition coefficient (Wildman–Crippen LogP) is 5.87. The van der Waals surface area contributed by atoms with Gasteiger partial charge in [-0.25, -0.2) is 4.39 Å². The molecule has 100 valence electrons. The minimum Gasteiger partial charge on any atom is -0.397 e. The van der Waals surface area contributed by atoms with Gasteiger partial charge in [-0.2, -0.15) is 0 Å². The van der Waals surface area contributed by atoms with E-state index in [1.54, 1.807) is 6.07 Å². The van der Waals surface area contributed by atoms with Gasteiger partial charge in [-0.05, 0) is 34.1 Å². The Morgan fingerprint density at radius 3 is 2.26 bits per heavy atom. The molecule has 0 fully saturated rings. The highest BCUT2D eigenvalue weighted by Crippen LogP contribution is 2.36. The molecule has 0 radical (unpaired) electrons. The Balaban J connectivity index is 2.42. The predicted molar refractivity (Wildman–Crippen MR) is 83.3 cm³/mol. The largest absolute Gasteiger partial charge is 0.397 e. The van der Waals surface area contributed by atoms with Crippen molar-refractivity contribution in [3.63, 3.8) is 0 Å². The van der Waals surface area contributed by atoms with Gasteiger partial charge in [-0.15, -0.1) is 0 Å². The average Bonchev–Trinajstić information content (AvgIpc) is 2.32. The number of benzene rings is 2. The lowest BCUT2D eigenvalue weighted by Crippen LogP contribution is -1.98. The summed E-state index contributed by atoms with van der Waals surface area (Å²) in [5.41, 5.74) is 7.02. The molecular formula is C12H7BrCl3FN2. The number of hydrogen-bond acceptors (Lipinski definition) is 2. The van der Waals surface area contributed by atoms with Gasteiger partial charge in [0, 0.05) is 6.07 Å². The van der Waals surface area contributed by atoms with Gasteiger partial charge >= 0.3 is 0 Å². The van der Waals surface area contributed by atoms with E-state index in [1.165, 1.54) is 18.2 Å². The van der Waals surface area contributed by atoms with E-state index in [4.69, 9.17) is 40.5 Å². The van der Waals surface area contributed by atoms with Crippen molar-refractivity contribution in [2.24, 2.45) is 0 Å². The van der Waals surface area contributed by atoms with E-state index in [2.05, 4.69) is 21.2 Å². The summed E-state index contributed by atoms with van der Waals surface area (Å²) in [7, 11) is 0. The van der Waals surface area contributed by atoms with Crippen LogP contribution in [-0.4, -0.2) is 0 Å². The monoisotopic (exact) mass is 382 g/mol. The third-order valence-electron chi connectivity index (χ3n) is 2.37. The maximum Gasteiger partial charge on any atom is 0.139 e. The first-order valence-corrected chi connectivity index (χ1v) is 6.97. The first-order valence-electron chi connectivity index (χ1n) is 5.04. The molecule has 0 aliphatic heterocycles.